The fraction of sp³-hybridized carbons (Fsp3) is 0. The van der Waals surface area contributed by atoms with Gasteiger partial charge >= 0.3 is 11.5 Å². The molecule has 112 valence electrons. The predicted molar refractivity (Wildman–Crippen MR) is 82.1 cm³/mol. The van der Waals surface area contributed by atoms with Gasteiger partial charge in [0.2, 0.25) is 0 Å². The molecular formula is C15H12ClN3O3. The zero-order valence-electron chi connectivity index (χ0n) is 11.3. The normalized spacial score (nSPS) is 9.68. The second kappa shape index (κ2) is 7.24. The molecule has 7 heteroatoms. The lowest BCUT2D eigenvalue weighted by molar-refractivity contribution is 0.225. The average molecular weight is 318 g/mol. The molecule has 0 spiro atoms. The second-order valence-electron chi connectivity index (χ2n) is 4.09. The molecule has 0 bridgehead atoms. The summed E-state index contributed by atoms with van der Waals surface area (Å²) in [5.41, 5.74) is 5.22. The van der Waals surface area contributed by atoms with Crippen LogP contribution in [-0.4, -0.2) is 21.0 Å². The number of rotatable bonds is 1. The molecule has 0 fully saturated rings. The van der Waals surface area contributed by atoms with Crippen molar-refractivity contribution in [1.29, 1.82) is 0 Å². The van der Waals surface area contributed by atoms with Crippen molar-refractivity contribution in [3.63, 3.8) is 0 Å². The van der Waals surface area contributed by atoms with Gasteiger partial charge in [-0.15, -0.1) is 0 Å². The van der Waals surface area contributed by atoms with E-state index in [0.29, 0.717) is 11.6 Å². The zero-order valence-corrected chi connectivity index (χ0v) is 12.1. The van der Waals surface area contributed by atoms with E-state index in [1.54, 1.807) is 42.7 Å². The van der Waals surface area contributed by atoms with E-state index in [2.05, 4.69) is 9.72 Å². The summed E-state index contributed by atoms with van der Waals surface area (Å²) in [6.45, 7) is 0. The first kappa shape index (κ1) is 15.5. The Balaban J connectivity index is 0.000000164. The fourth-order valence-corrected chi connectivity index (χ4v) is 1.82. The number of primary amides is 1. The summed E-state index contributed by atoms with van der Waals surface area (Å²) in [5, 5.41) is 0. The van der Waals surface area contributed by atoms with Gasteiger partial charge in [-0.1, -0.05) is 18.2 Å². The number of amides is 1. The van der Waals surface area contributed by atoms with Crippen molar-refractivity contribution in [2.75, 3.05) is 0 Å². The third kappa shape index (κ3) is 4.07. The van der Waals surface area contributed by atoms with Gasteiger partial charge in [-0.25, -0.2) is 14.6 Å². The molecule has 1 aromatic carbocycles. The summed E-state index contributed by atoms with van der Waals surface area (Å²) in [4.78, 5) is 25.0. The number of aromatic nitrogens is 2. The van der Waals surface area contributed by atoms with Gasteiger partial charge in [0.1, 0.15) is 11.6 Å². The Labute approximate surface area is 131 Å². The summed E-state index contributed by atoms with van der Waals surface area (Å²) in [5.74, 6) is 1.06. The number of nitrogens with two attached hydrogens (primary N) is 1. The SMILES string of the molecule is NC(=O)n1cccc2ccnc1-2.O=C(Cl)Oc1ccccc1. The van der Waals surface area contributed by atoms with Crippen molar-refractivity contribution in [1.82, 2.24) is 9.55 Å². The molecule has 2 aliphatic rings. The lowest BCUT2D eigenvalue weighted by Gasteiger charge is -2.05. The molecule has 1 aromatic rings. The number of carbonyl (C=O) groups excluding carboxylic acids is 2. The number of halogens is 1. The molecule has 0 aliphatic carbocycles. The van der Waals surface area contributed by atoms with Crippen LogP contribution in [0.3, 0.4) is 0 Å². The fourth-order valence-electron chi connectivity index (χ4n) is 1.73. The minimum absolute atomic E-state index is 0.461. The molecule has 0 unspecified atom stereocenters. The van der Waals surface area contributed by atoms with Crippen LogP contribution in [0.4, 0.5) is 9.59 Å². The van der Waals surface area contributed by atoms with Crippen molar-refractivity contribution in [2.24, 2.45) is 5.73 Å². The molecular weight excluding hydrogens is 306 g/mol. The number of carbonyl (C=O) groups is 2. The van der Waals surface area contributed by atoms with E-state index in [0.717, 1.165) is 5.56 Å². The van der Waals surface area contributed by atoms with Crippen LogP contribution in [0.5, 0.6) is 5.75 Å². The molecule has 0 atom stereocenters. The highest BCUT2D eigenvalue weighted by Crippen LogP contribution is 2.18. The Morgan fingerprint density at radius 2 is 1.82 bits per heavy atom. The van der Waals surface area contributed by atoms with Gasteiger partial charge in [0, 0.05) is 29.6 Å². The van der Waals surface area contributed by atoms with Crippen LogP contribution in [-0.2, 0) is 0 Å². The number of ether oxygens (including phenoxy) is 1. The summed E-state index contributed by atoms with van der Waals surface area (Å²) in [7, 11) is 0. The van der Waals surface area contributed by atoms with Crippen LogP contribution in [0, 0.1) is 0 Å². The maximum atomic E-state index is 10.9. The van der Waals surface area contributed by atoms with Gasteiger partial charge in [-0.3, -0.25) is 4.57 Å². The number of benzene rings is 1. The lowest BCUT2D eigenvalue weighted by atomic mass is 10.2. The zero-order chi connectivity index (χ0) is 15.9. The van der Waals surface area contributed by atoms with Crippen LogP contribution in [0.1, 0.15) is 0 Å². The van der Waals surface area contributed by atoms with E-state index >= 15 is 0 Å². The van der Waals surface area contributed by atoms with E-state index in [1.165, 1.54) is 4.57 Å². The van der Waals surface area contributed by atoms with Crippen molar-refractivity contribution in [3.8, 4) is 17.1 Å². The molecule has 0 saturated carbocycles. The Morgan fingerprint density at radius 3 is 2.45 bits per heavy atom. The summed E-state index contributed by atoms with van der Waals surface area (Å²) >= 11 is 4.95. The standard InChI is InChI=1S/C8H7N3O.C7H5ClO2/c9-8(12)11-5-1-2-6-3-4-10-7(6)11;8-7(9)10-6-4-2-1-3-5-6/h1-5H,(H2,9,12);1-5H. The van der Waals surface area contributed by atoms with E-state index in [-0.39, 0.29) is 0 Å². The van der Waals surface area contributed by atoms with Crippen molar-refractivity contribution >= 4 is 23.1 Å². The first-order valence-corrected chi connectivity index (χ1v) is 6.60. The molecule has 6 nitrogen and oxygen atoms in total. The highest BCUT2D eigenvalue weighted by atomic mass is 35.5. The van der Waals surface area contributed by atoms with Gasteiger partial charge in [-0.05, 0) is 30.3 Å². The quantitative estimate of drug-likeness (QED) is 0.697. The van der Waals surface area contributed by atoms with Crippen molar-refractivity contribution < 1.29 is 14.3 Å². The number of hydrogen-bond acceptors (Lipinski definition) is 4. The summed E-state index contributed by atoms with van der Waals surface area (Å²) < 4.78 is 5.86. The van der Waals surface area contributed by atoms with E-state index in [1.807, 2.05) is 18.2 Å². The minimum atomic E-state index is -0.814. The van der Waals surface area contributed by atoms with Gasteiger partial charge in [0.15, 0.2) is 0 Å². The third-order valence-electron chi connectivity index (χ3n) is 2.63. The highest BCUT2D eigenvalue weighted by Gasteiger charge is 2.09. The van der Waals surface area contributed by atoms with E-state index in [9.17, 15) is 9.59 Å². The molecule has 0 aromatic heterocycles. The minimum Gasteiger partial charge on any atom is -0.415 e. The third-order valence-corrected chi connectivity index (χ3v) is 2.70. The van der Waals surface area contributed by atoms with Crippen LogP contribution in [0.2, 0.25) is 0 Å². The van der Waals surface area contributed by atoms with Crippen LogP contribution in [0.25, 0.3) is 11.4 Å². The van der Waals surface area contributed by atoms with Gasteiger partial charge in [-0.2, -0.15) is 0 Å². The Kier molecular flexibility index (Phi) is 5.11. The molecule has 1 amide bonds. The molecule has 2 aliphatic heterocycles. The molecule has 2 N–H and O–H groups in total. The maximum absolute atomic E-state index is 10.9. The average Bonchev–Trinajstić information content (AvgIpc) is 2.96. The van der Waals surface area contributed by atoms with E-state index in [4.69, 9.17) is 17.3 Å². The smallest absolute Gasteiger partial charge is 0.409 e. The number of para-hydroxylation sites is 1. The molecule has 3 rings (SSSR count). The van der Waals surface area contributed by atoms with E-state index < -0.39 is 11.5 Å². The van der Waals surface area contributed by atoms with Crippen LogP contribution >= 0.6 is 11.6 Å². The lowest BCUT2D eigenvalue weighted by Crippen LogP contribution is -2.21. The highest BCUT2D eigenvalue weighted by molar-refractivity contribution is 6.61. The number of nitrogens with zero attached hydrogens (tertiary/aromatic N) is 2. The molecule has 2 heterocycles. The first-order valence-electron chi connectivity index (χ1n) is 6.22. The Hall–Kier alpha value is -2.86. The van der Waals surface area contributed by atoms with Crippen molar-refractivity contribution in [2.45, 2.75) is 0 Å². The Bertz CT molecular complexity index is 743. The molecule has 22 heavy (non-hydrogen) atoms. The summed E-state index contributed by atoms with van der Waals surface area (Å²) in [6.07, 6.45) is 3.24. The maximum Gasteiger partial charge on any atom is 0.409 e. The number of fused-ring (bicyclic) bond motifs is 1. The Morgan fingerprint density at radius 1 is 1.09 bits per heavy atom. The van der Waals surface area contributed by atoms with Crippen molar-refractivity contribution in [3.05, 3.63) is 60.9 Å². The second-order valence-corrected chi connectivity index (χ2v) is 4.40. The van der Waals surface area contributed by atoms with Crippen LogP contribution < -0.4 is 10.5 Å². The predicted octanol–water partition coefficient (Wildman–Crippen LogP) is 3.34. The van der Waals surface area contributed by atoms with Gasteiger partial charge in [0.05, 0.1) is 0 Å². The number of hydrogen-bond donors (Lipinski definition) is 1. The van der Waals surface area contributed by atoms with Gasteiger partial charge < -0.3 is 10.5 Å². The largest absolute Gasteiger partial charge is 0.415 e. The monoisotopic (exact) mass is 317 g/mol. The molecule has 0 radical (unpaired) electrons. The first-order chi connectivity index (χ1) is 10.6. The summed E-state index contributed by atoms with van der Waals surface area (Å²) in [6, 6.07) is 13.6. The van der Waals surface area contributed by atoms with Crippen LogP contribution in [0.15, 0.2) is 60.9 Å². The molecule has 0 saturated heterocycles. The topological polar surface area (TPSA) is 87.2 Å². The number of pyridine rings is 1. The van der Waals surface area contributed by atoms with Gasteiger partial charge in [0.25, 0.3) is 0 Å².